The fourth-order valence-electron chi connectivity index (χ4n) is 1.67. The Morgan fingerprint density at radius 3 is 2.50 bits per heavy atom. The van der Waals surface area contributed by atoms with Gasteiger partial charge in [-0.1, -0.05) is 22.0 Å². The van der Waals surface area contributed by atoms with Gasteiger partial charge < -0.3 is 10.1 Å². The highest BCUT2D eigenvalue weighted by atomic mass is 79.9. The summed E-state index contributed by atoms with van der Waals surface area (Å²) < 4.78 is 19.0. The Morgan fingerprint density at radius 1 is 1.18 bits per heavy atom. The molecule has 0 saturated carbocycles. The lowest BCUT2D eigenvalue weighted by molar-refractivity contribution is -0.123. The number of hydrogen-bond acceptors (Lipinski definition) is 3. The molecule has 0 fully saturated rings. The largest absolute Gasteiger partial charge is 0.449 e. The van der Waals surface area contributed by atoms with E-state index in [1.807, 2.05) is 0 Å². The molecule has 0 unspecified atom stereocenters. The van der Waals surface area contributed by atoms with Crippen LogP contribution in [-0.4, -0.2) is 18.0 Å². The van der Waals surface area contributed by atoms with Crippen LogP contribution in [-0.2, 0) is 9.53 Å². The molecule has 4 nitrogen and oxygen atoms in total. The Morgan fingerprint density at radius 2 is 1.86 bits per heavy atom. The lowest BCUT2D eigenvalue weighted by atomic mass is 10.2. The first-order chi connectivity index (χ1) is 10.5. The van der Waals surface area contributed by atoms with Crippen LogP contribution in [0.1, 0.15) is 17.3 Å². The van der Waals surface area contributed by atoms with E-state index in [-0.39, 0.29) is 5.56 Å². The van der Waals surface area contributed by atoms with Gasteiger partial charge in [0.1, 0.15) is 5.82 Å². The predicted molar refractivity (Wildman–Crippen MR) is 84.0 cm³/mol. The van der Waals surface area contributed by atoms with Crippen LogP contribution in [0.25, 0.3) is 0 Å². The molecule has 0 radical (unpaired) electrons. The molecule has 0 aliphatic heterocycles. The Balaban J connectivity index is 1.96. The summed E-state index contributed by atoms with van der Waals surface area (Å²) >= 11 is 3.29. The highest BCUT2D eigenvalue weighted by molar-refractivity contribution is 9.10. The number of rotatable bonds is 4. The van der Waals surface area contributed by atoms with Gasteiger partial charge in [0.05, 0.1) is 5.56 Å². The smallest absolute Gasteiger partial charge is 0.339 e. The van der Waals surface area contributed by atoms with Gasteiger partial charge in [0.15, 0.2) is 6.10 Å². The van der Waals surface area contributed by atoms with E-state index in [1.165, 1.54) is 25.1 Å². The fraction of sp³-hybridized carbons (Fsp3) is 0.125. The van der Waals surface area contributed by atoms with E-state index < -0.39 is 23.8 Å². The first kappa shape index (κ1) is 16.2. The van der Waals surface area contributed by atoms with E-state index in [0.29, 0.717) is 5.69 Å². The van der Waals surface area contributed by atoms with Crippen molar-refractivity contribution in [2.24, 2.45) is 0 Å². The van der Waals surface area contributed by atoms with Gasteiger partial charge in [-0.25, -0.2) is 9.18 Å². The number of halogens is 2. The lowest BCUT2D eigenvalue weighted by Gasteiger charge is -2.13. The maximum atomic E-state index is 13.1. The van der Waals surface area contributed by atoms with Gasteiger partial charge in [0, 0.05) is 10.2 Å². The van der Waals surface area contributed by atoms with Crippen LogP contribution < -0.4 is 5.32 Å². The van der Waals surface area contributed by atoms with Gasteiger partial charge in [0.25, 0.3) is 5.91 Å². The average Bonchev–Trinajstić information content (AvgIpc) is 2.49. The zero-order chi connectivity index (χ0) is 16.1. The summed E-state index contributed by atoms with van der Waals surface area (Å²) in [5, 5.41) is 2.63. The molecule has 0 spiro atoms. The molecule has 22 heavy (non-hydrogen) atoms. The Kier molecular flexibility index (Phi) is 5.27. The van der Waals surface area contributed by atoms with Crippen molar-refractivity contribution in [1.29, 1.82) is 0 Å². The summed E-state index contributed by atoms with van der Waals surface area (Å²) in [5.41, 5.74) is 0.644. The van der Waals surface area contributed by atoms with E-state index in [4.69, 9.17) is 4.74 Å². The monoisotopic (exact) mass is 365 g/mol. The molecule has 1 atom stereocenters. The van der Waals surface area contributed by atoms with E-state index in [2.05, 4.69) is 21.2 Å². The van der Waals surface area contributed by atoms with Gasteiger partial charge in [-0.2, -0.15) is 0 Å². The number of amides is 1. The second-order valence-electron chi connectivity index (χ2n) is 4.55. The van der Waals surface area contributed by atoms with Crippen molar-refractivity contribution in [2.75, 3.05) is 5.32 Å². The molecule has 0 saturated heterocycles. The standard InChI is InChI=1S/C16H13BrFNO3/c1-10(15(20)19-14-7-5-12(17)6-8-14)22-16(21)11-3-2-4-13(18)9-11/h2-10H,1H3,(H,19,20)/t10-/m0/s1. The van der Waals surface area contributed by atoms with E-state index in [1.54, 1.807) is 24.3 Å². The molecule has 2 rings (SSSR count). The SMILES string of the molecule is C[C@H](OC(=O)c1cccc(F)c1)C(=O)Nc1ccc(Br)cc1. The molecule has 1 N–H and O–H groups in total. The minimum atomic E-state index is -1.00. The number of nitrogens with one attached hydrogen (secondary N) is 1. The van der Waals surface area contributed by atoms with E-state index >= 15 is 0 Å². The summed E-state index contributed by atoms with van der Waals surface area (Å²) in [6, 6.07) is 12.1. The summed E-state index contributed by atoms with van der Waals surface area (Å²) in [5.74, 6) is -1.76. The Labute approximate surface area is 135 Å². The van der Waals surface area contributed by atoms with Gasteiger partial charge in [-0.3, -0.25) is 4.79 Å². The predicted octanol–water partition coefficient (Wildman–Crippen LogP) is 3.77. The molecular weight excluding hydrogens is 353 g/mol. The van der Waals surface area contributed by atoms with Crippen molar-refractivity contribution >= 4 is 33.5 Å². The van der Waals surface area contributed by atoms with Crippen molar-refractivity contribution < 1.29 is 18.7 Å². The molecule has 0 bridgehead atoms. The van der Waals surface area contributed by atoms with Crippen LogP contribution in [0.2, 0.25) is 0 Å². The summed E-state index contributed by atoms with van der Waals surface area (Å²) in [4.78, 5) is 23.8. The normalized spacial score (nSPS) is 11.6. The Bertz CT molecular complexity index is 688. The molecule has 0 aliphatic carbocycles. The number of ether oxygens (including phenoxy) is 1. The van der Waals surface area contributed by atoms with Gasteiger partial charge in [-0.05, 0) is 49.4 Å². The van der Waals surface area contributed by atoms with Crippen LogP contribution in [0, 0.1) is 5.82 Å². The number of esters is 1. The molecule has 114 valence electrons. The molecule has 0 heterocycles. The first-order valence-corrected chi connectivity index (χ1v) is 7.28. The quantitative estimate of drug-likeness (QED) is 0.839. The van der Waals surface area contributed by atoms with E-state index in [9.17, 15) is 14.0 Å². The third-order valence-corrected chi connectivity index (χ3v) is 3.35. The first-order valence-electron chi connectivity index (χ1n) is 6.48. The van der Waals surface area contributed by atoms with Gasteiger partial charge >= 0.3 is 5.97 Å². The second-order valence-corrected chi connectivity index (χ2v) is 5.47. The molecule has 0 aromatic heterocycles. The van der Waals surface area contributed by atoms with Gasteiger partial charge in [-0.15, -0.1) is 0 Å². The molecule has 2 aromatic carbocycles. The van der Waals surface area contributed by atoms with Gasteiger partial charge in [0.2, 0.25) is 0 Å². The Hall–Kier alpha value is -2.21. The van der Waals surface area contributed by atoms with Crippen molar-refractivity contribution in [3.05, 3.63) is 64.4 Å². The number of anilines is 1. The minimum Gasteiger partial charge on any atom is -0.449 e. The zero-order valence-electron chi connectivity index (χ0n) is 11.7. The topological polar surface area (TPSA) is 55.4 Å². The van der Waals surface area contributed by atoms with Crippen LogP contribution in [0.5, 0.6) is 0 Å². The van der Waals surface area contributed by atoms with Crippen molar-refractivity contribution in [1.82, 2.24) is 0 Å². The van der Waals surface area contributed by atoms with Crippen molar-refractivity contribution in [2.45, 2.75) is 13.0 Å². The number of benzene rings is 2. The number of carbonyl (C=O) groups is 2. The summed E-state index contributed by atoms with van der Waals surface area (Å²) in [7, 11) is 0. The molecule has 2 aromatic rings. The maximum absolute atomic E-state index is 13.1. The molecular formula is C16H13BrFNO3. The molecule has 0 aliphatic rings. The number of hydrogen-bond donors (Lipinski definition) is 1. The summed E-state index contributed by atoms with van der Waals surface area (Å²) in [6.07, 6.45) is -1.00. The summed E-state index contributed by atoms with van der Waals surface area (Å²) in [6.45, 7) is 1.45. The maximum Gasteiger partial charge on any atom is 0.339 e. The molecule has 6 heteroatoms. The van der Waals surface area contributed by atoms with Crippen LogP contribution in [0.3, 0.4) is 0 Å². The third-order valence-electron chi connectivity index (χ3n) is 2.83. The van der Waals surface area contributed by atoms with E-state index in [0.717, 1.165) is 10.5 Å². The highest BCUT2D eigenvalue weighted by Crippen LogP contribution is 2.15. The second kappa shape index (κ2) is 7.17. The van der Waals surface area contributed by atoms with Crippen LogP contribution in [0.4, 0.5) is 10.1 Å². The third kappa shape index (κ3) is 4.39. The van der Waals surface area contributed by atoms with Crippen molar-refractivity contribution in [3.63, 3.8) is 0 Å². The zero-order valence-corrected chi connectivity index (χ0v) is 13.3. The highest BCUT2D eigenvalue weighted by Gasteiger charge is 2.19. The van der Waals surface area contributed by atoms with Crippen LogP contribution in [0.15, 0.2) is 53.0 Å². The fourth-order valence-corrected chi connectivity index (χ4v) is 1.94. The van der Waals surface area contributed by atoms with Crippen molar-refractivity contribution in [3.8, 4) is 0 Å². The average molecular weight is 366 g/mol. The van der Waals surface area contributed by atoms with Crippen LogP contribution >= 0.6 is 15.9 Å². The lowest BCUT2D eigenvalue weighted by Crippen LogP contribution is -2.30. The molecule has 1 amide bonds. The minimum absolute atomic E-state index is 0.0586. The number of carbonyl (C=O) groups excluding carboxylic acids is 2.